The molecule has 29 heavy (non-hydrogen) atoms. The Hall–Kier alpha value is -3.49. The van der Waals surface area contributed by atoms with Crippen molar-refractivity contribution in [3.05, 3.63) is 82.1 Å². The van der Waals surface area contributed by atoms with Crippen molar-refractivity contribution in [2.45, 2.75) is 13.8 Å². The number of ether oxygens (including phenoxy) is 1. The number of hydrogen-bond donors (Lipinski definition) is 1. The molecule has 0 aliphatic heterocycles. The Morgan fingerprint density at radius 2 is 1.79 bits per heavy atom. The number of anilines is 1. The van der Waals surface area contributed by atoms with Gasteiger partial charge in [0.1, 0.15) is 17.4 Å². The molecule has 0 radical (unpaired) electrons. The van der Waals surface area contributed by atoms with Crippen LogP contribution in [0, 0.1) is 25.2 Å². The van der Waals surface area contributed by atoms with Gasteiger partial charge in [-0.25, -0.2) is 0 Å². The number of benzene rings is 2. The predicted molar refractivity (Wildman–Crippen MR) is 115 cm³/mol. The number of carbonyl (C=O) groups is 1. The molecule has 0 bridgehead atoms. The second-order valence-electron chi connectivity index (χ2n) is 6.49. The van der Waals surface area contributed by atoms with Gasteiger partial charge >= 0.3 is 0 Å². The fourth-order valence-corrected chi connectivity index (χ4v) is 3.22. The number of amides is 1. The Morgan fingerprint density at radius 3 is 2.38 bits per heavy atom. The van der Waals surface area contributed by atoms with E-state index >= 15 is 0 Å². The fourth-order valence-electron chi connectivity index (χ4n) is 3.10. The van der Waals surface area contributed by atoms with Crippen molar-refractivity contribution >= 4 is 29.3 Å². The van der Waals surface area contributed by atoms with E-state index in [2.05, 4.69) is 9.88 Å². The normalized spacial score (nSPS) is 11.1. The largest absolute Gasteiger partial charge is 0.497 e. The van der Waals surface area contributed by atoms with E-state index in [1.165, 1.54) is 0 Å². The smallest absolute Gasteiger partial charge is 0.266 e. The van der Waals surface area contributed by atoms with Crippen LogP contribution < -0.4 is 10.1 Å². The van der Waals surface area contributed by atoms with E-state index in [1.54, 1.807) is 37.5 Å². The summed E-state index contributed by atoms with van der Waals surface area (Å²) < 4.78 is 7.16. The first-order valence-electron chi connectivity index (χ1n) is 8.95. The van der Waals surface area contributed by atoms with Gasteiger partial charge in [-0.05, 0) is 80.1 Å². The molecule has 5 nitrogen and oxygen atoms in total. The Kier molecular flexibility index (Phi) is 6.06. The Morgan fingerprint density at radius 1 is 1.14 bits per heavy atom. The molecule has 1 heterocycles. The molecule has 1 N–H and O–H groups in total. The zero-order valence-electron chi connectivity index (χ0n) is 16.4. The van der Waals surface area contributed by atoms with Gasteiger partial charge in [-0.15, -0.1) is 0 Å². The van der Waals surface area contributed by atoms with Crippen molar-refractivity contribution in [3.8, 4) is 17.5 Å². The van der Waals surface area contributed by atoms with Crippen molar-refractivity contribution in [1.29, 1.82) is 5.26 Å². The van der Waals surface area contributed by atoms with Crippen molar-refractivity contribution < 1.29 is 9.53 Å². The number of rotatable bonds is 5. The summed E-state index contributed by atoms with van der Waals surface area (Å²) in [4.78, 5) is 12.6. The minimum absolute atomic E-state index is 0.0252. The number of methoxy groups -OCH3 is 1. The van der Waals surface area contributed by atoms with Crippen molar-refractivity contribution in [2.75, 3.05) is 12.4 Å². The molecular weight excluding hydrogens is 386 g/mol. The summed E-state index contributed by atoms with van der Waals surface area (Å²) in [6.07, 6.45) is 1.60. The third-order valence-corrected chi connectivity index (χ3v) is 4.82. The molecular formula is C23H20ClN3O2. The minimum atomic E-state index is -0.464. The number of halogens is 1. The molecule has 2 aromatic carbocycles. The lowest BCUT2D eigenvalue weighted by Crippen LogP contribution is -2.13. The number of aryl methyl sites for hydroxylation is 1. The van der Waals surface area contributed by atoms with Crippen LogP contribution in [0.3, 0.4) is 0 Å². The molecule has 0 atom stereocenters. The molecule has 6 heteroatoms. The highest BCUT2D eigenvalue weighted by Crippen LogP contribution is 2.24. The van der Waals surface area contributed by atoms with Gasteiger partial charge in [0.05, 0.1) is 7.11 Å². The van der Waals surface area contributed by atoms with Gasteiger partial charge in [0.15, 0.2) is 0 Å². The average Bonchev–Trinajstić information content (AvgIpc) is 3.00. The number of hydrogen-bond acceptors (Lipinski definition) is 3. The Labute approximate surface area is 174 Å². The second-order valence-corrected chi connectivity index (χ2v) is 6.93. The molecule has 0 fully saturated rings. The summed E-state index contributed by atoms with van der Waals surface area (Å²) in [5.41, 5.74) is 4.30. The molecule has 0 unspecified atom stereocenters. The standard InChI is InChI=1S/C23H20ClN3O2/c1-15-12-17(16(2)27(15)21-8-4-19(24)5-9-21)13-18(14-25)23(28)26-20-6-10-22(29-3)11-7-20/h4-13H,1-3H3,(H,26,28)/b18-13-. The van der Waals surface area contributed by atoms with Gasteiger partial charge in [0, 0.05) is 27.8 Å². The topological polar surface area (TPSA) is 67.0 Å². The van der Waals surface area contributed by atoms with Crippen LogP contribution in [0.1, 0.15) is 17.0 Å². The first-order chi connectivity index (χ1) is 13.9. The number of nitrogens with one attached hydrogen (secondary N) is 1. The number of nitriles is 1. The van der Waals surface area contributed by atoms with Crippen molar-refractivity contribution in [1.82, 2.24) is 4.57 Å². The van der Waals surface area contributed by atoms with Gasteiger partial charge in [-0.2, -0.15) is 5.26 Å². The predicted octanol–water partition coefficient (Wildman–Crippen LogP) is 5.30. The van der Waals surface area contributed by atoms with Crippen LogP contribution >= 0.6 is 11.6 Å². The van der Waals surface area contributed by atoms with Crippen molar-refractivity contribution in [3.63, 3.8) is 0 Å². The summed E-state index contributed by atoms with van der Waals surface area (Å²) in [5.74, 6) is 0.225. The van der Waals surface area contributed by atoms with Crippen LogP contribution in [0.4, 0.5) is 5.69 Å². The maximum atomic E-state index is 12.6. The van der Waals surface area contributed by atoms with Gasteiger partial charge in [0.2, 0.25) is 0 Å². The molecule has 0 spiro atoms. The van der Waals surface area contributed by atoms with E-state index in [1.807, 2.05) is 50.2 Å². The van der Waals surface area contributed by atoms with Crippen molar-refractivity contribution in [2.24, 2.45) is 0 Å². The highest BCUT2D eigenvalue weighted by molar-refractivity contribution is 6.30. The number of aromatic nitrogens is 1. The van der Waals surface area contributed by atoms with E-state index < -0.39 is 5.91 Å². The van der Waals surface area contributed by atoms with Crippen LogP contribution in [0.5, 0.6) is 5.75 Å². The lowest BCUT2D eigenvalue weighted by atomic mass is 10.1. The third kappa shape index (κ3) is 4.50. The summed E-state index contributed by atoms with van der Waals surface area (Å²) in [6.45, 7) is 3.92. The Balaban J connectivity index is 1.88. The zero-order valence-corrected chi connectivity index (χ0v) is 17.1. The summed E-state index contributed by atoms with van der Waals surface area (Å²) >= 11 is 5.98. The van der Waals surface area contributed by atoms with Crippen LogP contribution in [-0.2, 0) is 4.79 Å². The highest BCUT2D eigenvalue weighted by atomic mass is 35.5. The molecule has 0 aliphatic rings. The zero-order chi connectivity index (χ0) is 21.0. The first kappa shape index (κ1) is 20.2. The van der Waals surface area contributed by atoms with Crippen LogP contribution in [-0.4, -0.2) is 17.6 Å². The highest BCUT2D eigenvalue weighted by Gasteiger charge is 2.14. The van der Waals surface area contributed by atoms with E-state index in [0.29, 0.717) is 16.5 Å². The second kappa shape index (κ2) is 8.68. The average molecular weight is 406 g/mol. The Bertz CT molecular complexity index is 1100. The van der Waals surface area contributed by atoms with Crippen LogP contribution in [0.15, 0.2) is 60.2 Å². The van der Waals surface area contributed by atoms with Gasteiger partial charge in [-0.1, -0.05) is 11.6 Å². The summed E-state index contributed by atoms with van der Waals surface area (Å²) in [5, 5.41) is 12.9. The van der Waals surface area contributed by atoms with E-state index in [4.69, 9.17) is 16.3 Å². The molecule has 0 aliphatic carbocycles. The lowest BCUT2D eigenvalue weighted by molar-refractivity contribution is -0.112. The molecule has 0 saturated heterocycles. The molecule has 1 aromatic heterocycles. The summed E-state index contributed by atoms with van der Waals surface area (Å²) in [6, 6.07) is 18.4. The maximum absolute atomic E-state index is 12.6. The van der Waals surface area contributed by atoms with Crippen LogP contribution in [0.25, 0.3) is 11.8 Å². The molecule has 1 amide bonds. The summed E-state index contributed by atoms with van der Waals surface area (Å²) in [7, 11) is 1.57. The number of carbonyl (C=O) groups excluding carboxylic acids is 1. The number of nitrogens with zero attached hydrogens (tertiary/aromatic N) is 2. The van der Waals surface area contributed by atoms with Gasteiger partial charge in [-0.3, -0.25) is 4.79 Å². The third-order valence-electron chi connectivity index (χ3n) is 4.57. The van der Waals surface area contributed by atoms with Gasteiger partial charge in [0.25, 0.3) is 5.91 Å². The van der Waals surface area contributed by atoms with Gasteiger partial charge < -0.3 is 14.6 Å². The van der Waals surface area contributed by atoms with E-state index in [9.17, 15) is 10.1 Å². The quantitative estimate of drug-likeness (QED) is 0.462. The SMILES string of the molecule is COc1ccc(NC(=O)/C(C#N)=C\c2cc(C)n(-c3ccc(Cl)cc3)c2C)cc1. The van der Waals surface area contributed by atoms with E-state index in [-0.39, 0.29) is 5.57 Å². The first-order valence-corrected chi connectivity index (χ1v) is 9.33. The minimum Gasteiger partial charge on any atom is -0.497 e. The molecule has 146 valence electrons. The molecule has 0 saturated carbocycles. The van der Waals surface area contributed by atoms with Crippen LogP contribution in [0.2, 0.25) is 5.02 Å². The fraction of sp³-hybridized carbons (Fsp3) is 0.130. The maximum Gasteiger partial charge on any atom is 0.266 e. The molecule has 3 rings (SSSR count). The monoisotopic (exact) mass is 405 g/mol. The molecule has 3 aromatic rings. The van der Waals surface area contributed by atoms with E-state index in [0.717, 1.165) is 22.6 Å². The lowest BCUT2D eigenvalue weighted by Gasteiger charge is -2.09.